The van der Waals surface area contributed by atoms with Gasteiger partial charge in [0.05, 0.1) is 5.04 Å². The van der Waals surface area contributed by atoms with Crippen molar-refractivity contribution in [2.45, 2.75) is 32.6 Å². The summed E-state index contributed by atoms with van der Waals surface area (Å²) in [6.07, 6.45) is 5.10. The summed E-state index contributed by atoms with van der Waals surface area (Å²) >= 11 is 3.16. The van der Waals surface area contributed by atoms with Crippen LogP contribution in [0.25, 0.3) is 0 Å². The molecule has 1 aliphatic rings. The van der Waals surface area contributed by atoms with Gasteiger partial charge in [0.25, 0.3) is 0 Å². The summed E-state index contributed by atoms with van der Waals surface area (Å²) < 4.78 is 0. The maximum Gasteiger partial charge on any atom is 0.151 e. The van der Waals surface area contributed by atoms with E-state index >= 15 is 0 Å². The van der Waals surface area contributed by atoms with Crippen LogP contribution >= 0.6 is 23.5 Å². The molecule has 0 aromatic rings. The Bertz CT molecular complexity index is 222. The fraction of sp³-hybridized carbons (Fsp3) is 0.818. The zero-order chi connectivity index (χ0) is 12.0. The van der Waals surface area contributed by atoms with Gasteiger partial charge < -0.3 is 5.73 Å². The van der Waals surface area contributed by atoms with E-state index in [4.69, 9.17) is 16.6 Å². The predicted octanol–water partition coefficient (Wildman–Crippen LogP) is 3.15. The van der Waals surface area contributed by atoms with Crippen molar-refractivity contribution in [1.29, 1.82) is 10.8 Å². The molecule has 0 heterocycles. The highest BCUT2D eigenvalue weighted by Gasteiger charge is 2.21. The molecule has 92 valence electrons. The second-order valence-electron chi connectivity index (χ2n) is 4.43. The Balaban J connectivity index is 2.13. The molecule has 0 radical (unpaired) electrons. The predicted molar refractivity (Wildman–Crippen MR) is 75.7 cm³/mol. The maximum atomic E-state index is 7.39. The number of hydrogen-bond acceptors (Lipinski definition) is 4. The van der Waals surface area contributed by atoms with Crippen molar-refractivity contribution in [3.8, 4) is 0 Å². The van der Waals surface area contributed by atoms with E-state index in [9.17, 15) is 0 Å². The second kappa shape index (κ2) is 7.22. The van der Waals surface area contributed by atoms with Gasteiger partial charge >= 0.3 is 0 Å². The van der Waals surface area contributed by atoms with Crippen LogP contribution in [0.5, 0.6) is 0 Å². The monoisotopic (exact) mass is 259 g/mol. The second-order valence-corrected chi connectivity index (χ2v) is 6.73. The standard InChI is InChI=1S/C11H21N3S2/c1-8(12)15-6-9-2-4-10(5-3-9)7-16-11(13)14/h9-10,12H,2-7H2,1H3,(H3,13,14). The van der Waals surface area contributed by atoms with Gasteiger partial charge in [0.2, 0.25) is 0 Å². The smallest absolute Gasteiger partial charge is 0.151 e. The Labute approximate surface area is 106 Å². The lowest BCUT2D eigenvalue weighted by Gasteiger charge is -2.27. The van der Waals surface area contributed by atoms with Crippen molar-refractivity contribution in [2.24, 2.45) is 17.6 Å². The molecule has 3 nitrogen and oxygen atoms in total. The van der Waals surface area contributed by atoms with Crippen LogP contribution in [0, 0.1) is 22.7 Å². The Morgan fingerprint density at radius 3 is 1.88 bits per heavy atom. The van der Waals surface area contributed by atoms with Crippen molar-refractivity contribution >= 4 is 33.7 Å². The summed E-state index contributed by atoms with van der Waals surface area (Å²) in [4.78, 5) is 0. The molecule has 1 aliphatic carbocycles. The van der Waals surface area contributed by atoms with Crippen LogP contribution in [0.1, 0.15) is 32.6 Å². The van der Waals surface area contributed by atoms with Crippen molar-refractivity contribution in [1.82, 2.24) is 0 Å². The first-order valence-corrected chi connectivity index (χ1v) is 7.69. The zero-order valence-electron chi connectivity index (χ0n) is 9.79. The quantitative estimate of drug-likeness (QED) is 0.536. The molecule has 0 atom stereocenters. The third-order valence-electron chi connectivity index (χ3n) is 2.98. The fourth-order valence-corrected chi connectivity index (χ4v) is 3.58. The largest absolute Gasteiger partial charge is 0.379 e. The number of thioether (sulfide) groups is 2. The minimum atomic E-state index is 0.247. The molecule has 0 aliphatic heterocycles. The lowest BCUT2D eigenvalue weighted by molar-refractivity contribution is 0.316. The molecule has 0 saturated heterocycles. The highest BCUT2D eigenvalue weighted by atomic mass is 32.2. The van der Waals surface area contributed by atoms with Gasteiger partial charge in [-0.25, -0.2) is 0 Å². The SMILES string of the molecule is CC(=N)SCC1CCC(CSC(=N)N)CC1. The van der Waals surface area contributed by atoms with Gasteiger partial charge in [0.1, 0.15) is 0 Å². The Morgan fingerprint density at radius 1 is 1.06 bits per heavy atom. The number of nitrogens with one attached hydrogen (secondary N) is 2. The Morgan fingerprint density at radius 2 is 1.50 bits per heavy atom. The maximum absolute atomic E-state index is 7.39. The van der Waals surface area contributed by atoms with Crippen molar-refractivity contribution in [3.05, 3.63) is 0 Å². The summed E-state index contributed by atoms with van der Waals surface area (Å²) in [5.41, 5.74) is 5.34. The highest BCUT2D eigenvalue weighted by Crippen LogP contribution is 2.32. The summed E-state index contributed by atoms with van der Waals surface area (Å²) in [6, 6.07) is 0. The van der Waals surface area contributed by atoms with Crippen molar-refractivity contribution < 1.29 is 0 Å². The van der Waals surface area contributed by atoms with E-state index in [2.05, 4.69) is 0 Å². The minimum absolute atomic E-state index is 0.247. The van der Waals surface area contributed by atoms with E-state index in [1.807, 2.05) is 6.92 Å². The van der Waals surface area contributed by atoms with Crippen LogP contribution in [0.2, 0.25) is 0 Å². The molecule has 1 fully saturated rings. The van der Waals surface area contributed by atoms with Gasteiger partial charge in [-0.1, -0.05) is 11.8 Å². The summed E-state index contributed by atoms with van der Waals surface area (Å²) in [5, 5.41) is 15.5. The molecule has 0 unspecified atom stereocenters. The van der Waals surface area contributed by atoms with Crippen LogP contribution in [-0.2, 0) is 0 Å². The van der Waals surface area contributed by atoms with E-state index in [1.165, 1.54) is 37.4 Å². The van der Waals surface area contributed by atoms with Crippen molar-refractivity contribution in [3.63, 3.8) is 0 Å². The summed E-state index contributed by atoms with van der Waals surface area (Å²) in [5.74, 6) is 3.67. The van der Waals surface area contributed by atoms with Gasteiger partial charge in [-0.05, 0) is 44.4 Å². The van der Waals surface area contributed by atoms with Gasteiger partial charge in [0, 0.05) is 11.5 Å². The third-order valence-corrected chi connectivity index (χ3v) is 5.00. The first kappa shape index (κ1) is 13.9. The van der Waals surface area contributed by atoms with Crippen LogP contribution in [0.15, 0.2) is 0 Å². The number of amidine groups is 1. The first-order chi connectivity index (χ1) is 7.58. The molecule has 1 saturated carbocycles. The normalized spacial score (nSPS) is 25.3. The van der Waals surface area contributed by atoms with Crippen LogP contribution in [0.4, 0.5) is 0 Å². The van der Waals surface area contributed by atoms with Crippen LogP contribution in [0.3, 0.4) is 0 Å². The van der Waals surface area contributed by atoms with E-state index in [1.54, 1.807) is 11.8 Å². The van der Waals surface area contributed by atoms with Crippen LogP contribution in [-0.4, -0.2) is 21.7 Å². The van der Waals surface area contributed by atoms with Crippen LogP contribution < -0.4 is 5.73 Å². The van der Waals surface area contributed by atoms with Gasteiger partial charge in [-0.2, -0.15) is 0 Å². The number of rotatable bonds is 4. The highest BCUT2D eigenvalue weighted by molar-refractivity contribution is 8.13. The molecule has 0 spiro atoms. The molecular formula is C11H21N3S2. The molecule has 0 aromatic heterocycles. The molecule has 1 rings (SSSR count). The average molecular weight is 259 g/mol. The van der Waals surface area contributed by atoms with Gasteiger partial charge in [-0.15, -0.1) is 11.8 Å². The fourth-order valence-electron chi connectivity index (χ4n) is 2.02. The molecule has 0 aromatic carbocycles. The number of hydrogen-bond donors (Lipinski definition) is 3. The first-order valence-electron chi connectivity index (χ1n) is 5.72. The Hall–Kier alpha value is -0.160. The topological polar surface area (TPSA) is 73.7 Å². The molecule has 16 heavy (non-hydrogen) atoms. The molecule has 0 bridgehead atoms. The summed E-state index contributed by atoms with van der Waals surface area (Å²) in [6.45, 7) is 1.86. The van der Waals surface area contributed by atoms with E-state index < -0.39 is 0 Å². The van der Waals surface area contributed by atoms with Crippen molar-refractivity contribution in [2.75, 3.05) is 11.5 Å². The molecule has 4 N–H and O–H groups in total. The minimum Gasteiger partial charge on any atom is -0.379 e. The van der Waals surface area contributed by atoms with Gasteiger partial charge in [-0.3, -0.25) is 10.8 Å². The average Bonchev–Trinajstić information content (AvgIpc) is 2.25. The lowest BCUT2D eigenvalue weighted by Crippen LogP contribution is -2.19. The molecule has 0 amide bonds. The zero-order valence-corrected chi connectivity index (χ0v) is 11.4. The Kier molecular flexibility index (Phi) is 6.28. The van der Waals surface area contributed by atoms with E-state index in [0.29, 0.717) is 0 Å². The van der Waals surface area contributed by atoms with E-state index in [-0.39, 0.29) is 5.17 Å². The summed E-state index contributed by atoms with van der Waals surface area (Å²) in [7, 11) is 0. The number of nitrogens with two attached hydrogens (primary N) is 1. The lowest BCUT2D eigenvalue weighted by atomic mass is 9.84. The van der Waals surface area contributed by atoms with Gasteiger partial charge in [0.15, 0.2) is 5.17 Å². The third kappa shape index (κ3) is 5.80. The van der Waals surface area contributed by atoms with E-state index in [0.717, 1.165) is 28.4 Å². The molecular weight excluding hydrogens is 238 g/mol. The molecule has 5 heteroatoms.